The Morgan fingerprint density at radius 3 is 2.53 bits per heavy atom. The molecule has 0 aromatic heterocycles. The number of benzene rings is 1. The summed E-state index contributed by atoms with van der Waals surface area (Å²) in [7, 11) is 0. The third-order valence-corrected chi connectivity index (χ3v) is 2.84. The molecule has 1 aliphatic rings. The van der Waals surface area contributed by atoms with Crippen LogP contribution >= 0.6 is 0 Å². The minimum Gasteiger partial charge on any atom is -0.398 e. The van der Waals surface area contributed by atoms with Gasteiger partial charge < -0.3 is 10.6 Å². The normalized spacial score (nSPS) is 20.9. The van der Waals surface area contributed by atoms with Crippen LogP contribution in [0.2, 0.25) is 0 Å². The summed E-state index contributed by atoms with van der Waals surface area (Å²) in [6.07, 6.45) is -5.09. The smallest absolute Gasteiger partial charge is 0.398 e. The number of alkyl halides is 4. The van der Waals surface area contributed by atoms with Crippen LogP contribution in [-0.4, -0.2) is 19.3 Å². The van der Waals surface area contributed by atoms with E-state index in [9.17, 15) is 17.6 Å². The molecule has 1 heterocycles. The summed E-state index contributed by atoms with van der Waals surface area (Å²) >= 11 is 0. The highest BCUT2D eigenvalue weighted by atomic mass is 19.4. The van der Waals surface area contributed by atoms with Crippen molar-refractivity contribution in [3.63, 3.8) is 0 Å². The molecule has 1 aromatic rings. The Morgan fingerprint density at radius 1 is 1.29 bits per heavy atom. The summed E-state index contributed by atoms with van der Waals surface area (Å²) in [5.41, 5.74) is 4.48. The highest BCUT2D eigenvalue weighted by Gasteiger charge is 2.34. The van der Waals surface area contributed by atoms with E-state index >= 15 is 0 Å². The maximum Gasteiger partial charge on any atom is 0.418 e. The Kier molecular flexibility index (Phi) is 2.89. The molecular formula is C11H12F4N2. The average molecular weight is 248 g/mol. The van der Waals surface area contributed by atoms with E-state index in [0.29, 0.717) is 18.7 Å². The molecular weight excluding hydrogens is 236 g/mol. The number of nitrogens with zero attached hydrogens (tertiary/aromatic N) is 1. The molecule has 0 spiro atoms. The fourth-order valence-electron chi connectivity index (χ4n) is 1.94. The highest BCUT2D eigenvalue weighted by Crippen LogP contribution is 2.36. The minimum absolute atomic E-state index is 0.140. The third-order valence-electron chi connectivity index (χ3n) is 2.84. The second kappa shape index (κ2) is 4.09. The Labute approximate surface area is 96.0 Å². The quantitative estimate of drug-likeness (QED) is 0.611. The second-order valence-corrected chi connectivity index (χ2v) is 4.10. The van der Waals surface area contributed by atoms with Gasteiger partial charge in [0.25, 0.3) is 0 Å². The molecule has 1 aromatic carbocycles. The summed E-state index contributed by atoms with van der Waals surface area (Å²) in [6.45, 7) is 0.573. The van der Waals surface area contributed by atoms with E-state index in [1.807, 2.05) is 0 Å². The van der Waals surface area contributed by atoms with Crippen molar-refractivity contribution in [2.75, 3.05) is 23.7 Å². The Balaban J connectivity index is 2.31. The first-order valence-electron chi connectivity index (χ1n) is 5.23. The van der Waals surface area contributed by atoms with Gasteiger partial charge in [0, 0.05) is 24.5 Å². The van der Waals surface area contributed by atoms with Gasteiger partial charge in [0.05, 0.1) is 5.56 Å². The van der Waals surface area contributed by atoms with Crippen molar-refractivity contribution in [1.29, 1.82) is 0 Å². The summed E-state index contributed by atoms with van der Waals surface area (Å²) in [6, 6.07) is 3.68. The van der Waals surface area contributed by atoms with Gasteiger partial charge >= 0.3 is 6.18 Å². The number of nitrogen functional groups attached to an aromatic ring is 1. The van der Waals surface area contributed by atoms with Gasteiger partial charge in [0.1, 0.15) is 6.17 Å². The predicted molar refractivity (Wildman–Crippen MR) is 57.6 cm³/mol. The zero-order chi connectivity index (χ0) is 12.6. The number of halogens is 4. The molecule has 0 bridgehead atoms. The van der Waals surface area contributed by atoms with Crippen LogP contribution in [0.1, 0.15) is 12.0 Å². The monoisotopic (exact) mass is 248 g/mol. The van der Waals surface area contributed by atoms with Gasteiger partial charge in [-0.25, -0.2) is 4.39 Å². The number of rotatable bonds is 1. The van der Waals surface area contributed by atoms with E-state index in [-0.39, 0.29) is 12.2 Å². The molecule has 2 N–H and O–H groups in total. The lowest BCUT2D eigenvalue weighted by molar-refractivity contribution is -0.136. The van der Waals surface area contributed by atoms with Crippen molar-refractivity contribution in [2.24, 2.45) is 0 Å². The van der Waals surface area contributed by atoms with Gasteiger partial charge in [-0.05, 0) is 24.6 Å². The lowest BCUT2D eigenvalue weighted by Gasteiger charge is -2.20. The molecule has 17 heavy (non-hydrogen) atoms. The molecule has 0 saturated carbocycles. The Hall–Kier alpha value is -1.46. The van der Waals surface area contributed by atoms with Crippen molar-refractivity contribution < 1.29 is 17.6 Å². The maximum atomic E-state index is 13.0. The Morgan fingerprint density at radius 2 is 2.00 bits per heavy atom. The largest absolute Gasteiger partial charge is 0.418 e. The first-order chi connectivity index (χ1) is 7.88. The minimum atomic E-state index is -4.48. The molecule has 2 nitrogen and oxygen atoms in total. The van der Waals surface area contributed by atoms with Crippen LogP contribution in [0.5, 0.6) is 0 Å². The first kappa shape index (κ1) is 12.0. The number of hydrogen-bond acceptors (Lipinski definition) is 2. The van der Waals surface area contributed by atoms with Gasteiger partial charge in [0.15, 0.2) is 0 Å². The van der Waals surface area contributed by atoms with Gasteiger partial charge in [-0.1, -0.05) is 0 Å². The summed E-state index contributed by atoms with van der Waals surface area (Å²) in [4.78, 5) is 1.60. The summed E-state index contributed by atoms with van der Waals surface area (Å²) < 4.78 is 50.8. The topological polar surface area (TPSA) is 29.3 Å². The van der Waals surface area contributed by atoms with E-state index in [1.165, 1.54) is 12.1 Å². The predicted octanol–water partition coefficient (Wildman–Crippen LogP) is 2.84. The molecule has 0 radical (unpaired) electrons. The Bertz CT molecular complexity index is 416. The lowest BCUT2D eigenvalue weighted by Crippen LogP contribution is -2.21. The van der Waals surface area contributed by atoms with Crippen LogP contribution < -0.4 is 10.6 Å². The van der Waals surface area contributed by atoms with Gasteiger partial charge in [-0.3, -0.25) is 0 Å². The SMILES string of the molecule is Nc1ccc(N2CC[C@@H](F)C2)cc1C(F)(F)F. The molecule has 6 heteroatoms. The molecule has 2 rings (SSSR count). The maximum absolute atomic E-state index is 13.0. The van der Waals surface area contributed by atoms with E-state index in [4.69, 9.17) is 5.73 Å². The van der Waals surface area contributed by atoms with E-state index in [0.717, 1.165) is 6.07 Å². The molecule has 1 fully saturated rings. The zero-order valence-corrected chi connectivity index (χ0v) is 8.97. The number of nitrogens with two attached hydrogens (primary N) is 1. The lowest BCUT2D eigenvalue weighted by atomic mass is 10.1. The van der Waals surface area contributed by atoms with Gasteiger partial charge in [0.2, 0.25) is 0 Å². The van der Waals surface area contributed by atoms with E-state index in [2.05, 4.69) is 0 Å². The van der Waals surface area contributed by atoms with Crippen LogP contribution in [0.4, 0.5) is 28.9 Å². The molecule has 94 valence electrons. The molecule has 1 aliphatic heterocycles. The van der Waals surface area contributed by atoms with Crippen molar-refractivity contribution in [2.45, 2.75) is 18.8 Å². The van der Waals surface area contributed by atoms with Gasteiger partial charge in [-0.2, -0.15) is 13.2 Å². The van der Waals surface area contributed by atoms with Crippen LogP contribution in [-0.2, 0) is 6.18 Å². The molecule has 1 atom stereocenters. The van der Waals surface area contributed by atoms with Crippen molar-refractivity contribution in [3.8, 4) is 0 Å². The molecule has 0 aliphatic carbocycles. The number of hydrogen-bond donors (Lipinski definition) is 1. The van der Waals surface area contributed by atoms with Crippen LogP contribution in [0.3, 0.4) is 0 Å². The average Bonchev–Trinajstić information content (AvgIpc) is 2.64. The fraction of sp³-hybridized carbons (Fsp3) is 0.455. The molecule has 0 unspecified atom stereocenters. The number of anilines is 2. The molecule has 0 amide bonds. The summed E-state index contributed by atoms with van der Waals surface area (Å²) in [5, 5.41) is 0. The second-order valence-electron chi connectivity index (χ2n) is 4.10. The van der Waals surface area contributed by atoms with Crippen LogP contribution in [0.25, 0.3) is 0 Å². The van der Waals surface area contributed by atoms with Crippen LogP contribution in [0, 0.1) is 0 Å². The van der Waals surface area contributed by atoms with Crippen molar-refractivity contribution in [3.05, 3.63) is 23.8 Å². The van der Waals surface area contributed by atoms with E-state index < -0.39 is 17.9 Å². The zero-order valence-electron chi connectivity index (χ0n) is 8.97. The fourth-order valence-corrected chi connectivity index (χ4v) is 1.94. The highest BCUT2D eigenvalue weighted by molar-refractivity contribution is 5.60. The summed E-state index contributed by atoms with van der Waals surface area (Å²) in [5.74, 6) is 0. The third kappa shape index (κ3) is 2.45. The van der Waals surface area contributed by atoms with Gasteiger partial charge in [-0.15, -0.1) is 0 Å². The standard InChI is InChI=1S/C11H12F4N2/c12-7-3-4-17(6-7)8-1-2-10(16)9(5-8)11(13,14)15/h1-2,5,7H,3-4,6,16H2/t7-/m1/s1. The van der Waals surface area contributed by atoms with Crippen LogP contribution in [0.15, 0.2) is 18.2 Å². The molecule has 1 saturated heterocycles. The van der Waals surface area contributed by atoms with E-state index in [1.54, 1.807) is 4.90 Å². The first-order valence-corrected chi connectivity index (χ1v) is 5.23. The van der Waals surface area contributed by atoms with Crippen molar-refractivity contribution >= 4 is 11.4 Å². The van der Waals surface area contributed by atoms with Crippen molar-refractivity contribution in [1.82, 2.24) is 0 Å².